The molecule has 1 fully saturated rings. The Labute approximate surface area is 145 Å². The van der Waals surface area contributed by atoms with E-state index in [1.807, 2.05) is 38.1 Å². The zero-order valence-electron chi connectivity index (χ0n) is 13.2. The molecule has 2 aromatic rings. The number of thiazole rings is 1. The van der Waals surface area contributed by atoms with Gasteiger partial charge in [-0.1, -0.05) is 36.7 Å². The fraction of sp³-hybridized carbons (Fsp3) is 0.412. The Balaban J connectivity index is 1.68. The van der Waals surface area contributed by atoms with Crippen LogP contribution in [-0.4, -0.2) is 24.0 Å². The number of amides is 1. The van der Waals surface area contributed by atoms with Crippen LogP contribution in [-0.2, 0) is 11.2 Å². The molecule has 1 saturated heterocycles. The van der Waals surface area contributed by atoms with Crippen LogP contribution in [0.25, 0.3) is 0 Å². The van der Waals surface area contributed by atoms with Crippen molar-refractivity contribution in [1.82, 2.24) is 10.3 Å². The van der Waals surface area contributed by atoms with Crippen molar-refractivity contribution in [2.24, 2.45) is 11.8 Å². The highest BCUT2D eigenvalue weighted by atomic mass is 35.5. The number of hydrogen-bond acceptors (Lipinski definition) is 4. The van der Waals surface area contributed by atoms with E-state index in [4.69, 9.17) is 11.6 Å². The first-order valence-electron chi connectivity index (χ1n) is 7.76. The largest absolute Gasteiger partial charge is 0.316 e. The maximum Gasteiger partial charge on any atom is 0.229 e. The molecule has 4 nitrogen and oxygen atoms in total. The molecule has 0 spiro atoms. The Morgan fingerprint density at radius 2 is 2.22 bits per heavy atom. The van der Waals surface area contributed by atoms with E-state index < -0.39 is 0 Å². The van der Waals surface area contributed by atoms with Crippen LogP contribution in [0.5, 0.6) is 0 Å². The summed E-state index contributed by atoms with van der Waals surface area (Å²) in [4.78, 5) is 17.9. The maximum absolute atomic E-state index is 12.3. The number of carbonyl (C=O) groups is 1. The summed E-state index contributed by atoms with van der Waals surface area (Å²) in [6, 6.07) is 7.82. The standard InChI is InChI=1S/C17H20ClN3OS/c1-10(13-8-19-9-13)16(22)21-17-20-11(2)15(23-17)7-12-5-3-4-6-14(12)18/h3-6,10,13,19H,7-9H2,1-2H3,(H,20,21,22). The van der Waals surface area contributed by atoms with Crippen LogP contribution in [0.15, 0.2) is 24.3 Å². The molecular formula is C17H20ClN3OS. The molecule has 1 amide bonds. The summed E-state index contributed by atoms with van der Waals surface area (Å²) in [5.74, 6) is 0.487. The lowest BCUT2D eigenvalue weighted by atomic mass is 9.88. The minimum Gasteiger partial charge on any atom is -0.316 e. The Kier molecular flexibility index (Phi) is 4.99. The summed E-state index contributed by atoms with van der Waals surface area (Å²) >= 11 is 7.75. The average molecular weight is 350 g/mol. The number of rotatable bonds is 5. The summed E-state index contributed by atoms with van der Waals surface area (Å²) in [5.41, 5.74) is 2.02. The van der Waals surface area contributed by atoms with E-state index >= 15 is 0 Å². The molecule has 23 heavy (non-hydrogen) atoms. The van der Waals surface area contributed by atoms with Gasteiger partial charge in [-0.25, -0.2) is 4.98 Å². The molecule has 0 saturated carbocycles. The smallest absolute Gasteiger partial charge is 0.229 e. The van der Waals surface area contributed by atoms with E-state index in [2.05, 4.69) is 15.6 Å². The number of hydrogen-bond donors (Lipinski definition) is 2. The van der Waals surface area contributed by atoms with Crippen LogP contribution in [0.4, 0.5) is 5.13 Å². The Morgan fingerprint density at radius 1 is 1.48 bits per heavy atom. The van der Waals surface area contributed by atoms with Crippen molar-refractivity contribution in [1.29, 1.82) is 0 Å². The molecule has 122 valence electrons. The van der Waals surface area contributed by atoms with Crippen molar-refractivity contribution in [3.05, 3.63) is 45.4 Å². The third kappa shape index (κ3) is 3.74. The van der Waals surface area contributed by atoms with Crippen molar-refractivity contribution in [2.75, 3.05) is 18.4 Å². The van der Waals surface area contributed by atoms with Gasteiger partial charge in [-0.2, -0.15) is 0 Å². The van der Waals surface area contributed by atoms with Crippen molar-refractivity contribution >= 4 is 34.0 Å². The molecule has 1 atom stereocenters. The third-order valence-corrected chi connectivity index (χ3v) is 5.81. The topological polar surface area (TPSA) is 54.0 Å². The monoisotopic (exact) mass is 349 g/mol. The van der Waals surface area contributed by atoms with Gasteiger partial charge >= 0.3 is 0 Å². The number of halogens is 1. The number of aryl methyl sites for hydroxylation is 1. The van der Waals surface area contributed by atoms with Crippen LogP contribution in [0, 0.1) is 18.8 Å². The second kappa shape index (κ2) is 6.99. The Bertz CT molecular complexity index is 712. The van der Waals surface area contributed by atoms with Crippen LogP contribution in [0.1, 0.15) is 23.1 Å². The zero-order chi connectivity index (χ0) is 16.4. The molecule has 0 aliphatic carbocycles. The van der Waals surface area contributed by atoms with Crippen molar-refractivity contribution in [3.63, 3.8) is 0 Å². The second-order valence-corrected chi connectivity index (χ2v) is 7.48. The fourth-order valence-electron chi connectivity index (χ4n) is 2.56. The number of benzene rings is 1. The van der Waals surface area contributed by atoms with E-state index in [1.54, 1.807) is 0 Å². The first kappa shape index (κ1) is 16.4. The number of anilines is 1. The van der Waals surface area contributed by atoms with Gasteiger partial charge in [0.05, 0.1) is 5.69 Å². The predicted octanol–water partition coefficient (Wildman–Crippen LogP) is 3.49. The Hall–Kier alpha value is -1.43. The number of nitrogens with zero attached hydrogens (tertiary/aromatic N) is 1. The molecule has 1 aromatic carbocycles. The highest BCUT2D eigenvalue weighted by Gasteiger charge is 2.29. The lowest BCUT2D eigenvalue weighted by molar-refractivity contribution is -0.121. The van der Waals surface area contributed by atoms with E-state index in [9.17, 15) is 4.79 Å². The van der Waals surface area contributed by atoms with E-state index in [0.717, 1.165) is 40.7 Å². The average Bonchev–Trinajstić information content (AvgIpc) is 2.79. The molecule has 0 radical (unpaired) electrons. The number of nitrogens with one attached hydrogen (secondary N) is 2. The molecule has 1 aliphatic heterocycles. The van der Waals surface area contributed by atoms with Crippen molar-refractivity contribution in [3.8, 4) is 0 Å². The van der Waals surface area contributed by atoms with Gasteiger partial charge < -0.3 is 10.6 Å². The lowest BCUT2D eigenvalue weighted by Crippen LogP contribution is -2.48. The molecule has 0 bridgehead atoms. The van der Waals surface area contributed by atoms with Crippen LogP contribution >= 0.6 is 22.9 Å². The maximum atomic E-state index is 12.3. The van der Waals surface area contributed by atoms with Crippen LogP contribution in [0.3, 0.4) is 0 Å². The minimum atomic E-state index is 0.00692. The van der Waals surface area contributed by atoms with Gasteiger partial charge in [-0.3, -0.25) is 4.79 Å². The van der Waals surface area contributed by atoms with Gasteiger partial charge in [0.1, 0.15) is 0 Å². The van der Waals surface area contributed by atoms with Crippen LogP contribution < -0.4 is 10.6 Å². The minimum absolute atomic E-state index is 0.00692. The van der Waals surface area contributed by atoms with Gasteiger partial charge in [0.25, 0.3) is 0 Å². The molecule has 2 N–H and O–H groups in total. The zero-order valence-corrected chi connectivity index (χ0v) is 14.8. The van der Waals surface area contributed by atoms with Gasteiger partial charge in [0.15, 0.2) is 5.13 Å². The second-order valence-electron chi connectivity index (χ2n) is 5.99. The molecule has 1 aliphatic rings. The van der Waals surface area contributed by atoms with E-state index in [1.165, 1.54) is 11.3 Å². The third-order valence-electron chi connectivity index (χ3n) is 4.37. The molecule has 3 rings (SSSR count). The normalized spacial score (nSPS) is 16.0. The molecule has 1 unspecified atom stereocenters. The lowest BCUT2D eigenvalue weighted by Gasteiger charge is -2.31. The molecule has 2 heterocycles. The first-order chi connectivity index (χ1) is 11.0. The summed E-state index contributed by atoms with van der Waals surface area (Å²) in [6.45, 7) is 5.79. The summed E-state index contributed by atoms with van der Waals surface area (Å²) in [6.07, 6.45) is 0.737. The fourth-order valence-corrected chi connectivity index (χ4v) is 3.75. The summed E-state index contributed by atoms with van der Waals surface area (Å²) in [7, 11) is 0. The number of carbonyl (C=O) groups excluding carboxylic acids is 1. The Morgan fingerprint density at radius 3 is 2.87 bits per heavy atom. The first-order valence-corrected chi connectivity index (χ1v) is 8.95. The van der Waals surface area contributed by atoms with Gasteiger partial charge in [0, 0.05) is 22.2 Å². The van der Waals surface area contributed by atoms with Gasteiger partial charge in [-0.05, 0) is 37.6 Å². The van der Waals surface area contributed by atoms with Crippen molar-refractivity contribution in [2.45, 2.75) is 20.3 Å². The highest BCUT2D eigenvalue weighted by Crippen LogP contribution is 2.28. The quantitative estimate of drug-likeness (QED) is 0.868. The summed E-state index contributed by atoms with van der Waals surface area (Å²) < 4.78 is 0. The SMILES string of the molecule is Cc1nc(NC(=O)C(C)C2CNC2)sc1Cc1ccccc1Cl. The van der Waals surface area contributed by atoms with Gasteiger partial charge in [-0.15, -0.1) is 11.3 Å². The highest BCUT2D eigenvalue weighted by molar-refractivity contribution is 7.15. The molecule has 6 heteroatoms. The molecule has 1 aromatic heterocycles. The number of aromatic nitrogens is 1. The van der Waals surface area contributed by atoms with E-state index in [0.29, 0.717) is 11.0 Å². The van der Waals surface area contributed by atoms with Gasteiger partial charge in [0.2, 0.25) is 5.91 Å². The van der Waals surface area contributed by atoms with Crippen molar-refractivity contribution < 1.29 is 4.79 Å². The van der Waals surface area contributed by atoms with E-state index in [-0.39, 0.29) is 11.8 Å². The summed E-state index contributed by atoms with van der Waals surface area (Å²) in [5, 5.41) is 7.60. The molecular weight excluding hydrogens is 330 g/mol. The van der Waals surface area contributed by atoms with Crippen LogP contribution in [0.2, 0.25) is 5.02 Å². The predicted molar refractivity (Wildman–Crippen MR) is 95.3 cm³/mol.